The van der Waals surface area contributed by atoms with Crippen molar-refractivity contribution >= 4 is 0 Å². The maximum Gasteiger partial charge on any atom is 0.126 e. The summed E-state index contributed by atoms with van der Waals surface area (Å²) in [7, 11) is 0. The van der Waals surface area contributed by atoms with Crippen LogP contribution >= 0.6 is 0 Å². The molecule has 0 aromatic heterocycles. The predicted octanol–water partition coefficient (Wildman–Crippen LogP) is 21.7. The van der Waals surface area contributed by atoms with Crippen molar-refractivity contribution in [2.75, 3.05) is 0 Å². The third-order valence-corrected chi connectivity index (χ3v) is 13.0. The van der Waals surface area contributed by atoms with Crippen LogP contribution in [0.2, 0.25) is 0 Å². The van der Waals surface area contributed by atoms with Gasteiger partial charge < -0.3 is 0 Å². The molecule has 0 amide bonds. The van der Waals surface area contributed by atoms with Crippen LogP contribution in [0.3, 0.4) is 0 Å². The number of hydrogen-bond donors (Lipinski definition) is 0. The van der Waals surface area contributed by atoms with E-state index in [4.69, 9.17) is 0 Å². The Morgan fingerprint density at radius 1 is 0.311 bits per heavy atom. The van der Waals surface area contributed by atoms with E-state index in [1.165, 1.54) is 131 Å². The van der Waals surface area contributed by atoms with Crippen molar-refractivity contribution in [3.8, 4) is 0 Å². The van der Waals surface area contributed by atoms with Gasteiger partial charge >= 0.3 is 0 Å². The fourth-order valence-corrected chi connectivity index (χ4v) is 7.68. The highest BCUT2D eigenvalue weighted by atomic mass is 19.1. The standard InChI is InChI=1S/C8H9F.4C8H16.2C8H10.4CH4.3H2/c1-6-3-4-7(2)8(9)5-6;6*1-7-3-5-8(2)6-4-7;;;;;;;/h3-5H,1-2H3;4*7-8H,3-6H2,1-2H3;2*3-6H,1-2H3;4*1H4;3*1H/i;;;;;;;;;;;1+1;;. The second-order valence-electron chi connectivity index (χ2n) is 20.0. The van der Waals surface area contributed by atoms with Gasteiger partial charge in [-0.2, -0.15) is 0 Å². The molecular weight excluding hydrogens is 740 g/mol. The highest BCUT2D eigenvalue weighted by Gasteiger charge is 2.15. The molecule has 7 rings (SSSR count). The molecule has 0 nitrogen and oxygen atoms in total. The maximum absolute atomic E-state index is 12.6. The second-order valence-corrected chi connectivity index (χ2v) is 20.0. The van der Waals surface area contributed by atoms with Gasteiger partial charge in [0, 0.05) is 4.28 Å². The van der Waals surface area contributed by atoms with E-state index >= 15 is 0 Å². The maximum atomic E-state index is 12.6. The van der Waals surface area contributed by atoms with E-state index in [1.807, 2.05) is 13.0 Å². The largest absolute Gasteiger partial charge is 0.207 e. The number of rotatable bonds is 0. The quantitative estimate of drug-likeness (QED) is 0.211. The van der Waals surface area contributed by atoms with Gasteiger partial charge in [-0.05, 0) is 106 Å². The second kappa shape index (κ2) is 38.1. The fraction of sp³-hybridized carbons (Fsp3) is 0.700. The summed E-state index contributed by atoms with van der Waals surface area (Å²) >= 11 is 0. The average Bonchev–Trinajstić information content (AvgIpc) is 3.19. The number of halogens is 1. The van der Waals surface area contributed by atoms with Crippen LogP contribution in [0, 0.1) is 94.7 Å². The minimum absolute atomic E-state index is 0. The number of aryl methyl sites for hydroxylation is 6. The van der Waals surface area contributed by atoms with Crippen LogP contribution in [-0.4, -0.2) is 0 Å². The summed E-state index contributed by atoms with van der Waals surface area (Å²) < 4.78 is 12.6. The molecule has 0 N–H and O–H groups in total. The van der Waals surface area contributed by atoms with Crippen LogP contribution in [0.25, 0.3) is 0 Å². The number of hydrogen-bond acceptors (Lipinski definition) is 0. The molecule has 0 aliphatic heterocycles. The summed E-state index contributed by atoms with van der Waals surface area (Å²) in [6, 6.07) is 22.2. The van der Waals surface area contributed by atoms with Crippen molar-refractivity contribution < 1.29 is 8.67 Å². The highest BCUT2D eigenvalue weighted by molar-refractivity contribution is 5.22. The van der Waals surface area contributed by atoms with Crippen LogP contribution in [0.15, 0.2) is 66.7 Å². The zero-order valence-electron chi connectivity index (χ0n) is 40.2. The lowest BCUT2D eigenvalue weighted by molar-refractivity contribution is 0.308. The van der Waals surface area contributed by atoms with Crippen LogP contribution in [0.1, 0.15) is 225 Å². The lowest BCUT2D eigenvalue weighted by Crippen LogP contribution is -2.08. The van der Waals surface area contributed by atoms with Crippen molar-refractivity contribution in [3.05, 3.63) is 106 Å². The van der Waals surface area contributed by atoms with Crippen LogP contribution in [0.4, 0.5) is 4.39 Å². The third-order valence-electron chi connectivity index (χ3n) is 13.0. The predicted molar refractivity (Wildman–Crippen MR) is 288 cm³/mol. The van der Waals surface area contributed by atoms with E-state index in [0.29, 0.717) is 5.56 Å². The first-order chi connectivity index (χ1) is 26.9. The van der Waals surface area contributed by atoms with Gasteiger partial charge in [0.15, 0.2) is 0 Å². The van der Waals surface area contributed by atoms with Gasteiger partial charge in [0.2, 0.25) is 0 Å². The van der Waals surface area contributed by atoms with Crippen LogP contribution < -0.4 is 0 Å². The molecule has 0 unspecified atom stereocenters. The molecular formula is C60H115F. The van der Waals surface area contributed by atoms with E-state index in [1.54, 1.807) is 13.0 Å². The van der Waals surface area contributed by atoms with E-state index in [-0.39, 0.29) is 39.8 Å². The SMILES string of the molecule is C.C.C.C.CC1CCC(C)CC1.CC1CCC(C)CC1.CC1CCC(C)CC1.CC1CCC(C)CC1.Cc1ccc(C)c(F)c1.Cc1ccc(C)cc1.Cc1ccc(C)cc1.[2HH].[HH].[HH]. The van der Waals surface area contributed by atoms with Gasteiger partial charge in [0.1, 0.15) is 5.82 Å². The zero-order chi connectivity index (χ0) is 42.8. The van der Waals surface area contributed by atoms with Gasteiger partial charge in [0.05, 0.1) is 0 Å². The minimum atomic E-state index is -0.116. The third kappa shape index (κ3) is 35.7. The van der Waals surface area contributed by atoms with Crippen molar-refractivity contribution in [2.45, 2.75) is 229 Å². The van der Waals surface area contributed by atoms with Crippen LogP contribution in [-0.2, 0) is 0 Å². The molecule has 0 heterocycles. The van der Waals surface area contributed by atoms with Crippen LogP contribution in [0.5, 0.6) is 0 Å². The molecule has 0 bridgehead atoms. The Hall–Kier alpha value is -2.41. The van der Waals surface area contributed by atoms with Gasteiger partial charge in [-0.3, -0.25) is 0 Å². The summed E-state index contributed by atoms with van der Waals surface area (Å²) in [6.07, 6.45) is 23.6. The summed E-state index contributed by atoms with van der Waals surface area (Å²) in [5.74, 6) is 8.04. The molecule has 4 aliphatic carbocycles. The Bertz CT molecular complexity index is 1170. The molecule has 4 fully saturated rings. The normalized spacial score (nSPS) is 24.7. The fourth-order valence-electron chi connectivity index (χ4n) is 7.68. The highest BCUT2D eigenvalue weighted by Crippen LogP contribution is 2.29. The molecule has 0 saturated heterocycles. The van der Waals surface area contributed by atoms with E-state index < -0.39 is 0 Å². The summed E-state index contributed by atoms with van der Waals surface area (Å²) in [6.45, 7) is 31.0. The first kappa shape index (κ1) is 65.2. The van der Waals surface area contributed by atoms with Gasteiger partial charge in [0.25, 0.3) is 0 Å². The number of benzene rings is 3. The lowest BCUT2D eigenvalue weighted by Gasteiger charge is -2.22. The average molecular weight is 857 g/mol. The lowest BCUT2D eigenvalue weighted by atomic mass is 9.84. The van der Waals surface area contributed by atoms with Crippen molar-refractivity contribution in [3.63, 3.8) is 0 Å². The van der Waals surface area contributed by atoms with E-state index in [2.05, 4.69) is 132 Å². The van der Waals surface area contributed by atoms with Crippen molar-refractivity contribution in [1.82, 2.24) is 0 Å². The van der Waals surface area contributed by atoms with E-state index in [9.17, 15) is 4.39 Å². The van der Waals surface area contributed by atoms with Gasteiger partial charge in [-0.1, -0.05) is 271 Å². The topological polar surface area (TPSA) is 0 Å². The first-order valence-corrected chi connectivity index (χ1v) is 23.7. The molecule has 4 saturated carbocycles. The summed E-state index contributed by atoms with van der Waals surface area (Å²) in [5.41, 5.74) is 7.00. The van der Waals surface area contributed by atoms with E-state index in [0.717, 1.165) is 52.9 Å². The Labute approximate surface area is 390 Å². The minimum Gasteiger partial charge on any atom is -0.207 e. The molecule has 362 valence electrons. The zero-order valence-corrected chi connectivity index (χ0v) is 40.2. The summed E-state index contributed by atoms with van der Waals surface area (Å²) in [4.78, 5) is 0. The molecule has 1 heteroatoms. The smallest absolute Gasteiger partial charge is 0.126 e. The molecule has 0 atom stereocenters. The Kier molecular flexibility index (Phi) is 40.7. The molecule has 0 spiro atoms. The molecule has 4 aliphatic rings. The molecule has 0 radical (unpaired) electrons. The van der Waals surface area contributed by atoms with Crippen molar-refractivity contribution in [1.29, 1.82) is 0 Å². The van der Waals surface area contributed by atoms with Crippen molar-refractivity contribution in [2.24, 2.45) is 47.3 Å². The molecule has 61 heavy (non-hydrogen) atoms. The first-order valence-electron chi connectivity index (χ1n) is 23.7. The molecule has 3 aromatic rings. The Morgan fingerprint density at radius 2 is 0.459 bits per heavy atom. The van der Waals surface area contributed by atoms with Gasteiger partial charge in [-0.15, -0.1) is 0 Å². The monoisotopic (exact) mass is 856 g/mol. The summed E-state index contributed by atoms with van der Waals surface area (Å²) in [5, 5.41) is 0. The van der Waals surface area contributed by atoms with Gasteiger partial charge in [-0.25, -0.2) is 4.39 Å². The Balaban J connectivity index is -0.000000116. The Morgan fingerprint density at radius 3 is 0.590 bits per heavy atom. The molecule has 3 aromatic carbocycles.